The Morgan fingerprint density at radius 3 is 2.79 bits per heavy atom. The number of hydrogen-bond donors (Lipinski definition) is 1. The number of likely N-dealkylation sites (N-methyl/N-ethyl adjacent to an activating group) is 1. The van der Waals surface area contributed by atoms with E-state index in [1.54, 1.807) is 0 Å². The number of amides is 1. The molecule has 0 aromatic rings. The molecule has 0 bridgehead atoms. The molecule has 1 amide bonds. The van der Waals surface area contributed by atoms with E-state index in [0.717, 1.165) is 51.8 Å². The summed E-state index contributed by atoms with van der Waals surface area (Å²) in [4.78, 5) is 14.7. The average Bonchev–Trinajstić information content (AvgIpc) is 2.91. The summed E-state index contributed by atoms with van der Waals surface area (Å²) in [5.41, 5.74) is 6.03. The van der Waals surface area contributed by atoms with Gasteiger partial charge in [-0.05, 0) is 44.9 Å². The highest BCUT2D eigenvalue weighted by Crippen LogP contribution is 2.30. The number of hydrogen-bond acceptors (Lipinski definition) is 3. The number of carbonyl (C=O) groups is 1. The van der Waals surface area contributed by atoms with Crippen molar-refractivity contribution in [3.05, 3.63) is 0 Å². The molecule has 2 rings (SSSR count). The minimum absolute atomic E-state index is 0.116. The van der Waals surface area contributed by atoms with E-state index >= 15 is 0 Å². The number of ether oxygens (including phenoxy) is 1. The van der Waals surface area contributed by atoms with Crippen molar-refractivity contribution in [2.45, 2.75) is 58.1 Å². The van der Waals surface area contributed by atoms with Crippen LogP contribution in [0.1, 0.15) is 46.0 Å². The maximum Gasteiger partial charge on any atom is 0.226 e. The predicted octanol–water partition coefficient (Wildman–Crippen LogP) is 1.78. The molecule has 110 valence electrons. The number of carbonyl (C=O) groups excluding carboxylic acids is 1. The molecule has 0 aromatic heterocycles. The van der Waals surface area contributed by atoms with E-state index in [1.165, 1.54) is 0 Å². The zero-order valence-corrected chi connectivity index (χ0v) is 12.3. The van der Waals surface area contributed by atoms with Gasteiger partial charge in [0.25, 0.3) is 0 Å². The quantitative estimate of drug-likeness (QED) is 0.845. The van der Waals surface area contributed by atoms with Crippen LogP contribution in [-0.2, 0) is 9.53 Å². The van der Waals surface area contributed by atoms with Gasteiger partial charge < -0.3 is 15.4 Å². The summed E-state index contributed by atoms with van der Waals surface area (Å²) in [6.45, 7) is 6.63. The fourth-order valence-electron chi connectivity index (χ4n) is 3.34. The van der Waals surface area contributed by atoms with E-state index < -0.39 is 0 Å². The van der Waals surface area contributed by atoms with Gasteiger partial charge in [0.2, 0.25) is 5.91 Å². The Morgan fingerprint density at radius 2 is 2.16 bits per heavy atom. The molecule has 0 spiro atoms. The van der Waals surface area contributed by atoms with Crippen molar-refractivity contribution in [3.8, 4) is 0 Å². The van der Waals surface area contributed by atoms with Crippen LogP contribution in [0, 0.1) is 11.8 Å². The van der Waals surface area contributed by atoms with Crippen LogP contribution >= 0.6 is 0 Å². The van der Waals surface area contributed by atoms with Gasteiger partial charge in [-0.3, -0.25) is 4.79 Å². The summed E-state index contributed by atoms with van der Waals surface area (Å²) in [6.07, 6.45) is 5.45. The van der Waals surface area contributed by atoms with Gasteiger partial charge in [-0.25, -0.2) is 0 Å². The van der Waals surface area contributed by atoms with Gasteiger partial charge in [0, 0.05) is 31.7 Å². The third-order valence-corrected chi connectivity index (χ3v) is 4.69. The Bertz CT molecular complexity index is 303. The Balaban J connectivity index is 1.94. The predicted molar refractivity (Wildman–Crippen MR) is 75.7 cm³/mol. The van der Waals surface area contributed by atoms with E-state index in [1.807, 2.05) is 4.90 Å². The monoisotopic (exact) mass is 268 g/mol. The molecule has 2 aliphatic rings. The molecule has 4 nitrogen and oxygen atoms in total. The zero-order valence-electron chi connectivity index (χ0n) is 12.3. The Hall–Kier alpha value is -0.610. The highest BCUT2D eigenvalue weighted by atomic mass is 16.5. The number of rotatable bonds is 4. The van der Waals surface area contributed by atoms with Crippen molar-refractivity contribution >= 4 is 5.91 Å². The number of nitrogens with zero attached hydrogens (tertiary/aromatic N) is 1. The summed E-state index contributed by atoms with van der Waals surface area (Å²) in [5.74, 6) is 0.872. The van der Waals surface area contributed by atoms with Crippen LogP contribution in [0.4, 0.5) is 0 Å². The molecule has 0 radical (unpaired) electrons. The molecule has 0 aromatic carbocycles. The average molecular weight is 268 g/mol. The smallest absolute Gasteiger partial charge is 0.226 e. The molecule has 4 atom stereocenters. The van der Waals surface area contributed by atoms with Crippen molar-refractivity contribution in [3.63, 3.8) is 0 Å². The van der Waals surface area contributed by atoms with Gasteiger partial charge >= 0.3 is 0 Å². The van der Waals surface area contributed by atoms with Crippen molar-refractivity contribution in [1.82, 2.24) is 4.90 Å². The normalized spacial score (nSPS) is 35.3. The van der Waals surface area contributed by atoms with Crippen molar-refractivity contribution in [1.29, 1.82) is 0 Å². The first-order chi connectivity index (χ1) is 9.11. The molecular formula is C15H28N2O2. The van der Waals surface area contributed by atoms with E-state index in [4.69, 9.17) is 10.5 Å². The second kappa shape index (κ2) is 6.71. The SMILES string of the molecule is CCN(CC1CCCO1)C(=O)C1CC(N)CCC1C. The second-order valence-electron chi connectivity index (χ2n) is 6.17. The summed E-state index contributed by atoms with van der Waals surface area (Å²) < 4.78 is 5.65. The third-order valence-electron chi connectivity index (χ3n) is 4.69. The van der Waals surface area contributed by atoms with Gasteiger partial charge in [0.1, 0.15) is 0 Å². The van der Waals surface area contributed by atoms with Crippen LogP contribution in [0.2, 0.25) is 0 Å². The molecule has 4 unspecified atom stereocenters. The van der Waals surface area contributed by atoms with Gasteiger partial charge in [-0.2, -0.15) is 0 Å². The van der Waals surface area contributed by atoms with Crippen molar-refractivity contribution in [2.24, 2.45) is 17.6 Å². The van der Waals surface area contributed by atoms with E-state index in [2.05, 4.69) is 13.8 Å². The minimum atomic E-state index is 0.116. The fraction of sp³-hybridized carbons (Fsp3) is 0.933. The third kappa shape index (κ3) is 3.69. The largest absolute Gasteiger partial charge is 0.376 e. The van der Waals surface area contributed by atoms with Crippen LogP contribution < -0.4 is 5.73 Å². The van der Waals surface area contributed by atoms with Gasteiger partial charge in [-0.15, -0.1) is 0 Å². The summed E-state index contributed by atoms with van der Waals surface area (Å²) in [6, 6.07) is 0.201. The molecule has 1 saturated heterocycles. The Kier molecular flexibility index (Phi) is 5.22. The molecule has 2 N–H and O–H groups in total. The number of nitrogens with two attached hydrogens (primary N) is 1. The Morgan fingerprint density at radius 1 is 1.37 bits per heavy atom. The zero-order chi connectivity index (χ0) is 13.8. The van der Waals surface area contributed by atoms with Gasteiger partial charge in [0.05, 0.1) is 6.10 Å². The lowest BCUT2D eigenvalue weighted by molar-refractivity contribution is -0.139. The lowest BCUT2D eigenvalue weighted by atomic mass is 9.77. The summed E-state index contributed by atoms with van der Waals surface area (Å²) >= 11 is 0. The molecule has 1 saturated carbocycles. The van der Waals surface area contributed by atoms with E-state index in [0.29, 0.717) is 11.8 Å². The maximum absolute atomic E-state index is 12.7. The molecule has 1 aliphatic heterocycles. The molecule has 4 heteroatoms. The molecule has 1 heterocycles. The minimum Gasteiger partial charge on any atom is -0.376 e. The van der Waals surface area contributed by atoms with E-state index in [9.17, 15) is 4.79 Å². The standard InChI is InChI=1S/C15H28N2O2/c1-3-17(10-13-5-4-8-19-13)15(18)14-9-12(16)7-6-11(14)2/h11-14H,3-10,16H2,1-2H3. The fourth-order valence-corrected chi connectivity index (χ4v) is 3.34. The molecular weight excluding hydrogens is 240 g/mol. The van der Waals surface area contributed by atoms with E-state index in [-0.39, 0.29) is 18.1 Å². The van der Waals surface area contributed by atoms with Gasteiger partial charge in [0.15, 0.2) is 0 Å². The first-order valence-electron chi connectivity index (χ1n) is 7.77. The second-order valence-corrected chi connectivity index (χ2v) is 6.17. The highest BCUT2D eigenvalue weighted by molar-refractivity contribution is 5.79. The van der Waals surface area contributed by atoms with Crippen LogP contribution in [-0.4, -0.2) is 42.6 Å². The van der Waals surface area contributed by atoms with Crippen LogP contribution in [0.25, 0.3) is 0 Å². The first kappa shape index (κ1) is 14.8. The van der Waals surface area contributed by atoms with Crippen LogP contribution in [0.5, 0.6) is 0 Å². The molecule has 2 fully saturated rings. The summed E-state index contributed by atoms with van der Waals surface area (Å²) in [7, 11) is 0. The van der Waals surface area contributed by atoms with Crippen LogP contribution in [0.15, 0.2) is 0 Å². The lowest BCUT2D eigenvalue weighted by Gasteiger charge is -2.35. The first-order valence-corrected chi connectivity index (χ1v) is 7.77. The molecule has 19 heavy (non-hydrogen) atoms. The lowest BCUT2D eigenvalue weighted by Crippen LogP contribution is -2.46. The van der Waals surface area contributed by atoms with Crippen molar-refractivity contribution in [2.75, 3.05) is 19.7 Å². The van der Waals surface area contributed by atoms with Gasteiger partial charge in [-0.1, -0.05) is 6.92 Å². The topological polar surface area (TPSA) is 55.6 Å². The Labute approximate surface area is 116 Å². The maximum atomic E-state index is 12.7. The van der Waals surface area contributed by atoms with Crippen molar-refractivity contribution < 1.29 is 9.53 Å². The molecule has 1 aliphatic carbocycles. The van der Waals surface area contributed by atoms with Crippen LogP contribution in [0.3, 0.4) is 0 Å². The highest BCUT2D eigenvalue weighted by Gasteiger charge is 2.34. The summed E-state index contributed by atoms with van der Waals surface area (Å²) in [5, 5.41) is 0.